The lowest BCUT2D eigenvalue weighted by Gasteiger charge is -2.42. The standard InChI is InChI=1S/C15H29N3O3S/c1-12(2)11-16-14(19)18-8-6-15(7-9-18,10-13-4-5-13)17-22(3,20)21/h12-13,17H,4-11H2,1-3H3,(H,16,19). The molecule has 1 saturated heterocycles. The third-order valence-corrected chi connectivity index (χ3v) is 5.25. The van der Waals surface area contributed by atoms with Crippen molar-refractivity contribution in [3.05, 3.63) is 0 Å². The molecule has 2 aliphatic rings. The minimum atomic E-state index is -3.23. The Hall–Kier alpha value is -0.820. The second-order valence-corrected chi connectivity index (χ2v) is 9.12. The summed E-state index contributed by atoms with van der Waals surface area (Å²) in [7, 11) is -3.23. The Bertz CT molecular complexity index is 492. The maximum atomic E-state index is 12.1. The van der Waals surface area contributed by atoms with Gasteiger partial charge in [-0.1, -0.05) is 26.7 Å². The number of rotatable bonds is 6. The van der Waals surface area contributed by atoms with E-state index in [1.165, 1.54) is 19.1 Å². The van der Waals surface area contributed by atoms with Gasteiger partial charge in [-0.25, -0.2) is 17.9 Å². The van der Waals surface area contributed by atoms with Crippen molar-refractivity contribution in [1.29, 1.82) is 0 Å². The number of carbonyl (C=O) groups is 1. The van der Waals surface area contributed by atoms with Crippen LogP contribution < -0.4 is 10.0 Å². The molecule has 6 nitrogen and oxygen atoms in total. The number of piperidine rings is 1. The van der Waals surface area contributed by atoms with Crippen molar-refractivity contribution in [3.8, 4) is 0 Å². The third kappa shape index (κ3) is 5.43. The number of urea groups is 1. The van der Waals surface area contributed by atoms with Gasteiger partial charge >= 0.3 is 6.03 Å². The number of nitrogens with zero attached hydrogens (tertiary/aromatic N) is 1. The van der Waals surface area contributed by atoms with Crippen LogP contribution in [-0.2, 0) is 10.0 Å². The van der Waals surface area contributed by atoms with Crippen molar-refractivity contribution in [2.75, 3.05) is 25.9 Å². The Morgan fingerprint density at radius 2 is 1.86 bits per heavy atom. The first kappa shape index (κ1) is 17.5. The number of amides is 2. The number of hydrogen-bond acceptors (Lipinski definition) is 3. The largest absolute Gasteiger partial charge is 0.338 e. The summed E-state index contributed by atoms with van der Waals surface area (Å²) in [5.74, 6) is 1.07. The molecule has 0 aromatic heterocycles. The fraction of sp³-hybridized carbons (Fsp3) is 0.933. The van der Waals surface area contributed by atoms with Crippen LogP contribution in [0.1, 0.15) is 46.0 Å². The molecule has 2 rings (SSSR count). The normalized spacial score (nSPS) is 21.9. The van der Waals surface area contributed by atoms with E-state index in [9.17, 15) is 13.2 Å². The highest BCUT2D eigenvalue weighted by Crippen LogP contribution is 2.40. The van der Waals surface area contributed by atoms with Crippen LogP contribution >= 0.6 is 0 Å². The molecule has 1 saturated carbocycles. The number of carbonyl (C=O) groups excluding carboxylic acids is 1. The van der Waals surface area contributed by atoms with Gasteiger partial charge in [-0.05, 0) is 31.1 Å². The van der Waals surface area contributed by atoms with Crippen LogP contribution in [0.15, 0.2) is 0 Å². The minimum absolute atomic E-state index is 0.0342. The van der Waals surface area contributed by atoms with Crippen LogP contribution in [-0.4, -0.2) is 50.8 Å². The highest BCUT2D eigenvalue weighted by Gasteiger charge is 2.42. The molecule has 1 aliphatic heterocycles. The Labute approximate surface area is 134 Å². The predicted molar refractivity (Wildman–Crippen MR) is 87.1 cm³/mol. The molecule has 1 aliphatic carbocycles. The topological polar surface area (TPSA) is 78.5 Å². The maximum Gasteiger partial charge on any atom is 0.317 e. The van der Waals surface area contributed by atoms with E-state index in [0.717, 1.165) is 6.42 Å². The van der Waals surface area contributed by atoms with Crippen LogP contribution in [0.2, 0.25) is 0 Å². The Morgan fingerprint density at radius 1 is 1.27 bits per heavy atom. The first-order valence-corrected chi connectivity index (χ1v) is 10.1. The van der Waals surface area contributed by atoms with Gasteiger partial charge < -0.3 is 10.2 Å². The zero-order chi connectivity index (χ0) is 16.4. The molecule has 0 spiro atoms. The summed E-state index contributed by atoms with van der Waals surface area (Å²) < 4.78 is 26.3. The highest BCUT2D eigenvalue weighted by molar-refractivity contribution is 7.88. The second-order valence-electron chi connectivity index (χ2n) is 7.37. The van der Waals surface area contributed by atoms with Crippen LogP contribution in [0.4, 0.5) is 4.79 Å². The summed E-state index contributed by atoms with van der Waals surface area (Å²) in [5, 5.41) is 2.93. The van der Waals surface area contributed by atoms with Crippen LogP contribution in [0.3, 0.4) is 0 Å². The van der Waals surface area contributed by atoms with E-state index in [0.29, 0.717) is 44.3 Å². The molecule has 2 amide bonds. The molecular formula is C15H29N3O3S. The molecule has 0 aromatic rings. The molecule has 22 heavy (non-hydrogen) atoms. The van der Waals surface area contributed by atoms with Gasteiger partial charge in [0.05, 0.1) is 6.26 Å². The van der Waals surface area contributed by atoms with Gasteiger partial charge in [-0.3, -0.25) is 0 Å². The van der Waals surface area contributed by atoms with Gasteiger partial charge in [0.2, 0.25) is 10.0 Å². The van der Waals surface area contributed by atoms with Gasteiger partial charge in [0.25, 0.3) is 0 Å². The van der Waals surface area contributed by atoms with Gasteiger partial charge in [0.1, 0.15) is 0 Å². The average molecular weight is 331 g/mol. The van der Waals surface area contributed by atoms with Crippen molar-refractivity contribution < 1.29 is 13.2 Å². The Balaban J connectivity index is 1.92. The molecule has 0 bridgehead atoms. The molecular weight excluding hydrogens is 302 g/mol. The lowest BCUT2D eigenvalue weighted by molar-refractivity contribution is 0.144. The molecule has 1 heterocycles. The summed E-state index contributed by atoms with van der Waals surface area (Å²) in [6.45, 7) is 6.02. The Kier molecular flexibility index (Phi) is 5.37. The van der Waals surface area contributed by atoms with E-state index in [2.05, 4.69) is 23.9 Å². The average Bonchev–Trinajstić information content (AvgIpc) is 3.18. The van der Waals surface area contributed by atoms with Gasteiger partial charge in [0, 0.05) is 25.2 Å². The Morgan fingerprint density at radius 3 is 2.32 bits per heavy atom. The van der Waals surface area contributed by atoms with Crippen LogP contribution in [0.5, 0.6) is 0 Å². The lowest BCUT2D eigenvalue weighted by atomic mass is 9.84. The summed E-state index contributed by atoms with van der Waals surface area (Å²) in [5.41, 5.74) is -0.358. The van der Waals surface area contributed by atoms with E-state index in [1.54, 1.807) is 4.90 Å². The van der Waals surface area contributed by atoms with Crippen LogP contribution in [0.25, 0.3) is 0 Å². The predicted octanol–water partition coefficient (Wildman–Crippen LogP) is 1.54. The number of nitrogens with one attached hydrogen (secondary N) is 2. The number of hydrogen-bond donors (Lipinski definition) is 2. The zero-order valence-corrected chi connectivity index (χ0v) is 14.7. The van der Waals surface area contributed by atoms with E-state index >= 15 is 0 Å². The van der Waals surface area contributed by atoms with E-state index in [1.807, 2.05) is 0 Å². The minimum Gasteiger partial charge on any atom is -0.338 e. The SMILES string of the molecule is CC(C)CNC(=O)N1CCC(CC2CC2)(NS(C)(=O)=O)CC1. The third-order valence-electron chi connectivity index (χ3n) is 4.45. The van der Waals surface area contributed by atoms with Gasteiger partial charge in [0.15, 0.2) is 0 Å². The van der Waals surface area contributed by atoms with Crippen molar-refractivity contribution >= 4 is 16.1 Å². The first-order chi connectivity index (χ1) is 10.2. The lowest BCUT2D eigenvalue weighted by Crippen LogP contribution is -2.57. The monoisotopic (exact) mass is 331 g/mol. The molecule has 2 fully saturated rings. The van der Waals surface area contributed by atoms with Crippen LogP contribution in [0, 0.1) is 11.8 Å². The smallest absolute Gasteiger partial charge is 0.317 e. The van der Waals surface area contributed by atoms with E-state index < -0.39 is 10.0 Å². The molecule has 2 N–H and O–H groups in total. The summed E-state index contributed by atoms with van der Waals surface area (Å²) in [6.07, 6.45) is 5.93. The molecule has 0 radical (unpaired) electrons. The van der Waals surface area contributed by atoms with Gasteiger partial charge in [-0.2, -0.15) is 0 Å². The van der Waals surface area contributed by atoms with E-state index in [4.69, 9.17) is 0 Å². The summed E-state index contributed by atoms with van der Waals surface area (Å²) >= 11 is 0. The summed E-state index contributed by atoms with van der Waals surface area (Å²) in [6, 6.07) is -0.0342. The quantitative estimate of drug-likeness (QED) is 0.775. The highest BCUT2D eigenvalue weighted by atomic mass is 32.2. The van der Waals surface area contributed by atoms with Crippen molar-refractivity contribution in [1.82, 2.24) is 14.9 Å². The van der Waals surface area contributed by atoms with Gasteiger partial charge in [-0.15, -0.1) is 0 Å². The number of sulfonamides is 1. The van der Waals surface area contributed by atoms with Crippen molar-refractivity contribution in [3.63, 3.8) is 0 Å². The fourth-order valence-corrected chi connectivity index (χ4v) is 4.23. The maximum absolute atomic E-state index is 12.1. The summed E-state index contributed by atoms with van der Waals surface area (Å²) in [4.78, 5) is 13.9. The first-order valence-electron chi connectivity index (χ1n) is 8.21. The van der Waals surface area contributed by atoms with E-state index in [-0.39, 0.29) is 11.6 Å². The van der Waals surface area contributed by atoms with Crippen molar-refractivity contribution in [2.45, 2.75) is 51.5 Å². The second kappa shape index (κ2) is 6.74. The molecule has 0 aromatic carbocycles. The molecule has 0 unspecified atom stereocenters. The molecule has 7 heteroatoms. The number of likely N-dealkylation sites (tertiary alicyclic amines) is 1. The molecule has 128 valence electrons. The molecule has 0 atom stereocenters. The fourth-order valence-electron chi connectivity index (χ4n) is 3.16. The zero-order valence-electron chi connectivity index (χ0n) is 13.9. The van der Waals surface area contributed by atoms with Crippen molar-refractivity contribution in [2.24, 2.45) is 11.8 Å².